The molecule has 0 saturated carbocycles. The van der Waals surface area contributed by atoms with Crippen LogP contribution in [-0.2, 0) is 0 Å². The van der Waals surface area contributed by atoms with Gasteiger partial charge in [-0.25, -0.2) is 4.98 Å². The zero-order chi connectivity index (χ0) is 11.8. The quantitative estimate of drug-likeness (QED) is 0.659. The first-order chi connectivity index (χ1) is 8.25. The van der Waals surface area contributed by atoms with Crippen molar-refractivity contribution in [3.8, 4) is 11.3 Å². The number of benzene rings is 1. The maximum Gasteiger partial charge on any atom is 0.138 e. The van der Waals surface area contributed by atoms with Gasteiger partial charge in [-0.05, 0) is 41.1 Å². The van der Waals surface area contributed by atoms with E-state index in [2.05, 4.69) is 52.1 Å². The molecule has 0 N–H and O–H groups in total. The molecule has 0 bridgehead atoms. The molecule has 0 aliphatic rings. The van der Waals surface area contributed by atoms with E-state index in [1.165, 1.54) is 5.56 Å². The SMILES string of the molecule is Cc1cccc(-c2nc3ccccn3c2Br)c1. The number of aryl methyl sites for hydroxylation is 1. The van der Waals surface area contributed by atoms with Crippen molar-refractivity contribution < 1.29 is 0 Å². The number of hydrogen-bond acceptors (Lipinski definition) is 1. The molecular formula is C14H11BrN2. The number of nitrogens with zero attached hydrogens (tertiary/aromatic N) is 2. The normalized spacial score (nSPS) is 10.9. The molecule has 0 spiro atoms. The Balaban J connectivity index is 2.27. The average Bonchev–Trinajstić information content (AvgIpc) is 2.68. The second kappa shape index (κ2) is 4.00. The van der Waals surface area contributed by atoms with Gasteiger partial charge in [0.25, 0.3) is 0 Å². The van der Waals surface area contributed by atoms with E-state index in [0.717, 1.165) is 21.5 Å². The molecule has 0 unspecified atom stereocenters. The maximum atomic E-state index is 4.64. The second-order valence-corrected chi connectivity index (χ2v) is 4.80. The molecular weight excluding hydrogens is 276 g/mol. The average molecular weight is 287 g/mol. The minimum Gasteiger partial charge on any atom is -0.294 e. The third kappa shape index (κ3) is 1.76. The van der Waals surface area contributed by atoms with Crippen LogP contribution in [0.3, 0.4) is 0 Å². The number of rotatable bonds is 1. The molecule has 2 heterocycles. The molecule has 0 aliphatic carbocycles. The monoisotopic (exact) mass is 286 g/mol. The molecule has 84 valence electrons. The number of fused-ring (bicyclic) bond motifs is 1. The first kappa shape index (κ1) is 10.5. The lowest BCUT2D eigenvalue weighted by Gasteiger charge is -1.99. The summed E-state index contributed by atoms with van der Waals surface area (Å²) in [6.07, 6.45) is 2.01. The Morgan fingerprint density at radius 3 is 2.76 bits per heavy atom. The fraction of sp³-hybridized carbons (Fsp3) is 0.0714. The minimum atomic E-state index is 0.955. The number of halogens is 1. The molecule has 3 rings (SSSR count). The Morgan fingerprint density at radius 1 is 1.12 bits per heavy atom. The summed E-state index contributed by atoms with van der Waals surface area (Å²) in [4.78, 5) is 4.64. The highest BCUT2D eigenvalue weighted by atomic mass is 79.9. The number of hydrogen-bond donors (Lipinski definition) is 0. The van der Waals surface area contributed by atoms with Gasteiger partial charge in [-0.1, -0.05) is 29.8 Å². The van der Waals surface area contributed by atoms with Crippen LogP contribution in [0.1, 0.15) is 5.56 Å². The Bertz CT molecular complexity index is 686. The van der Waals surface area contributed by atoms with E-state index >= 15 is 0 Å². The van der Waals surface area contributed by atoms with Crippen molar-refractivity contribution in [1.82, 2.24) is 9.38 Å². The van der Waals surface area contributed by atoms with Crippen LogP contribution in [0.25, 0.3) is 16.9 Å². The summed E-state index contributed by atoms with van der Waals surface area (Å²) >= 11 is 3.61. The second-order valence-electron chi connectivity index (χ2n) is 4.05. The number of imidazole rings is 1. The highest BCUT2D eigenvalue weighted by molar-refractivity contribution is 9.10. The van der Waals surface area contributed by atoms with Crippen LogP contribution in [0, 0.1) is 6.92 Å². The van der Waals surface area contributed by atoms with Gasteiger partial charge in [0.15, 0.2) is 0 Å². The highest BCUT2D eigenvalue weighted by Gasteiger charge is 2.10. The lowest BCUT2D eigenvalue weighted by Crippen LogP contribution is -1.82. The molecule has 0 radical (unpaired) electrons. The van der Waals surface area contributed by atoms with Gasteiger partial charge in [0.1, 0.15) is 15.9 Å². The van der Waals surface area contributed by atoms with E-state index in [0.29, 0.717) is 0 Å². The predicted octanol–water partition coefficient (Wildman–Crippen LogP) is 4.07. The van der Waals surface area contributed by atoms with Gasteiger partial charge in [-0.3, -0.25) is 4.40 Å². The van der Waals surface area contributed by atoms with Crippen molar-refractivity contribution in [2.45, 2.75) is 6.92 Å². The summed E-state index contributed by atoms with van der Waals surface area (Å²) in [6, 6.07) is 14.4. The van der Waals surface area contributed by atoms with Gasteiger partial charge in [0, 0.05) is 11.8 Å². The standard InChI is InChI=1S/C14H11BrN2/c1-10-5-4-6-11(9-10)13-14(15)17-8-3-2-7-12(17)16-13/h2-9H,1H3. The van der Waals surface area contributed by atoms with Crippen LogP contribution in [0.15, 0.2) is 53.3 Å². The molecule has 2 nitrogen and oxygen atoms in total. The summed E-state index contributed by atoms with van der Waals surface area (Å²) in [6.45, 7) is 2.09. The van der Waals surface area contributed by atoms with Crippen molar-refractivity contribution in [1.29, 1.82) is 0 Å². The molecule has 0 fully saturated rings. The zero-order valence-electron chi connectivity index (χ0n) is 9.39. The fourth-order valence-electron chi connectivity index (χ4n) is 1.94. The van der Waals surface area contributed by atoms with Crippen LogP contribution in [0.2, 0.25) is 0 Å². The zero-order valence-corrected chi connectivity index (χ0v) is 11.0. The summed E-state index contributed by atoms with van der Waals surface area (Å²) < 4.78 is 3.04. The summed E-state index contributed by atoms with van der Waals surface area (Å²) in [5.41, 5.74) is 4.32. The van der Waals surface area contributed by atoms with Crippen molar-refractivity contribution in [2.24, 2.45) is 0 Å². The maximum absolute atomic E-state index is 4.64. The largest absolute Gasteiger partial charge is 0.294 e. The van der Waals surface area contributed by atoms with Crippen LogP contribution in [0.4, 0.5) is 0 Å². The van der Waals surface area contributed by atoms with Gasteiger partial charge in [-0.15, -0.1) is 0 Å². The number of aromatic nitrogens is 2. The van der Waals surface area contributed by atoms with Crippen molar-refractivity contribution in [3.63, 3.8) is 0 Å². The lowest BCUT2D eigenvalue weighted by atomic mass is 10.1. The summed E-state index contributed by atoms with van der Waals surface area (Å²) in [5.74, 6) is 0. The van der Waals surface area contributed by atoms with Gasteiger partial charge in [0.2, 0.25) is 0 Å². The van der Waals surface area contributed by atoms with E-state index in [-0.39, 0.29) is 0 Å². The Morgan fingerprint density at radius 2 is 2.00 bits per heavy atom. The molecule has 0 amide bonds. The van der Waals surface area contributed by atoms with E-state index in [1.54, 1.807) is 0 Å². The summed E-state index contributed by atoms with van der Waals surface area (Å²) in [5, 5.41) is 0. The molecule has 1 aromatic carbocycles. The van der Waals surface area contributed by atoms with E-state index in [9.17, 15) is 0 Å². The molecule has 3 aromatic rings. The molecule has 0 saturated heterocycles. The Hall–Kier alpha value is -1.61. The Labute approximate surface area is 108 Å². The van der Waals surface area contributed by atoms with Gasteiger partial charge in [0.05, 0.1) is 0 Å². The van der Waals surface area contributed by atoms with Crippen LogP contribution < -0.4 is 0 Å². The van der Waals surface area contributed by atoms with Crippen molar-refractivity contribution >= 4 is 21.6 Å². The van der Waals surface area contributed by atoms with E-state index in [1.807, 2.05) is 28.8 Å². The first-order valence-corrected chi connectivity index (χ1v) is 6.24. The lowest BCUT2D eigenvalue weighted by molar-refractivity contribution is 1.15. The molecule has 17 heavy (non-hydrogen) atoms. The first-order valence-electron chi connectivity index (χ1n) is 5.45. The Kier molecular flexibility index (Phi) is 2.48. The molecule has 2 aromatic heterocycles. The minimum absolute atomic E-state index is 0.955. The topological polar surface area (TPSA) is 17.3 Å². The molecule has 0 atom stereocenters. The number of pyridine rings is 1. The molecule has 0 aliphatic heterocycles. The van der Waals surface area contributed by atoms with E-state index < -0.39 is 0 Å². The predicted molar refractivity (Wildman–Crippen MR) is 73.1 cm³/mol. The smallest absolute Gasteiger partial charge is 0.138 e. The van der Waals surface area contributed by atoms with Gasteiger partial charge < -0.3 is 0 Å². The highest BCUT2D eigenvalue weighted by Crippen LogP contribution is 2.28. The molecule has 3 heteroatoms. The van der Waals surface area contributed by atoms with Gasteiger partial charge >= 0.3 is 0 Å². The van der Waals surface area contributed by atoms with Crippen molar-refractivity contribution in [2.75, 3.05) is 0 Å². The van der Waals surface area contributed by atoms with Crippen LogP contribution >= 0.6 is 15.9 Å². The third-order valence-electron chi connectivity index (χ3n) is 2.76. The third-order valence-corrected chi connectivity index (χ3v) is 3.52. The summed E-state index contributed by atoms with van der Waals surface area (Å²) in [7, 11) is 0. The van der Waals surface area contributed by atoms with Crippen LogP contribution in [-0.4, -0.2) is 9.38 Å². The van der Waals surface area contributed by atoms with Crippen LogP contribution in [0.5, 0.6) is 0 Å². The van der Waals surface area contributed by atoms with Gasteiger partial charge in [-0.2, -0.15) is 0 Å². The van der Waals surface area contributed by atoms with Crippen molar-refractivity contribution in [3.05, 3.63) is 58.8 Å². The van der Waals surface area contributed by atoms with E-state index in [4.69, 9.17) is 0 Å². The fourth-order valence-corrected chi connectivity index (χ4v) is 2.56.